The number of aromatic nitrogens is 2. The van der Waals surface area contributed by atoms with Gasteiger partial charge in [-0.3, -0.25) is 14.3 Å². The van der Waals surface area contributed by atoms with E-state index in [2.05, 4.69) is 28.4 Å². The summed E-state index contributed by atoms with van der Waals surface area (Å²) in [4.78, 5) is 28.9. The van der Waals surface area contributed by atoms with Crippen molar-refractivity contribution in [3.8, 4) is 0 Å². The van der Waals surface area contributed by atoms with Crippen LogP contribution in [0.1, 0.15) is 44.5 Å². The first kappa shape index (κ1) is 18.9. The van der Waals surface area contributed by atoms with E-state index in [0.29, 0.717) is 19.4 Å². The Morgan fingerprint density at radius 3 is 2.85 bits per heavy atom. The molecular formula is C19H31N5O2. The summed E-state index contributed by atoms with van der Waals surface area (Å²) in [6.07, 6.45) is 3.18. The van der Waals surface area contributed by atoms with Crippen molar-refractivity contribution in [2.45, 2.75) is 58.7 Å². The van der Waals surface area contributed by atoms with Crippen LogP contribution in [0.3, 0.4) is 0 Å². The van der Waals surface area contributed by atoms with Crippen LogP contribution < -0.4 is 5.32 Å². The molecule has 0 unspecified atom stereocenters. The maximum atomic E-state index is 12.8. The normalized spacial score (nSPS) is 20.9. The molecule has 2 aliphatic heterocycles. The van der Waals surface area contributed by atoms with E-state index < -0.39 is 0 Å². The summed E-state index contributed by atoms with van der Waals surface area (Å²) in [5.41, 5.74) is 2.01. The van der Waals surface area contributed by atoms with Gasteiger partial charge in [0.2, 0.25) is 11.8 Å². The van der Waals surface area contributed by atoms with Gasteiger partial charge in [-0.2, -0.15) is 5.10 Å². The number of amides is 2. The van der Waals surface area contributed by atoms with Crippen LogP contribution in [0, 0.1) is 5.92 Å². The molecule has 7 heteroatoms. The molecule has 0 spiro atoms. The molecule has 1 saturated heterocycles. The average Bonchev–Trinajstić information content (AvgIpc) is 3.01. The zero-order valence-electron chi connectivity index (χ0n) is 16.2. The molecule has 3 heterocycles. The molecule has 1 atom stereocenters. The summed E-state index contributed by atoms with van der Waals surface area (Å²) in [5, 5.41) is 7.52. The van der Waals surface area contributed by atoms with Crippen molar-refractivity contribution in [1.29, 1.82) is 0 Å². The third kappa shape index (κ3) is 4.63. The van der Waals surface area contributed by atoms with Gasteiger partial charge in [0.25, 0.3) is 0 Å². The molecule has 26 heavy (non-hydrogen) atoms. The minimum Gasteiger partial charge on any atom is -0.354 e. The molecule has 0 aliphatic carbocycles. The Bertz CT molecular complexity index is 654. The molecular weight excluding hydrogens is 330 g/mol. The second-order valence-corrected chi connectivity index (χ2v) is 7.93. The summed E-state index contributed by atoms with van der Waals surface area (Å²) in [6, 6.07) is 2.21. The molecule has 3 rings (SSSR count). The van der Waals surface area contributed by atoms with Crippen molar-refractivity contribution in [2.24, 2.45) is 5.92 Å². The van der Waals surface area contributed by atoms with Crippen molar-refractivity contribution in [1.82, 2.24) is 24.9 Å². The maximum Gasteiger partial charge on any atom is 0.227 e. The van der Waals surface area contributed by atoms with Gasteiger partial charge in [0.05, 0.1) is 30.4 Å². The van der Waals surface area contributed by atoms with E-state index in [-0.39, 0.29) is 23.8 Å². The van der Waals surface area contributed by atoms with Gasteiger partial charge < -0.3 is 15.1 Å². The largest absolute Gasteiger partial charge is 0.354 e. The highest BCUT2D eigenvalue weighted by Crippen LogP contribution is 2.21. The Labute approximate surface area is 155 Å². The zero-order valence-corrected chi connectivity index (χ0v) is 16.2. The van der Waals surface area contributed by atoms with Crippen LogP contribution >= 0.6 is 0 Å². The monoisotopic (exact) mass is 361 g/mol. The molecule has 144 valence electrons. The number of nitrogens with zero attached hydrogens (tertiary/aromatic N) is 4. The van der Waals surface area contributed by atoms with Crippen molar-refractivity contribution in [2.75, 3.05) is 26.7 Å². The number of hydrogen-bond donors (Lipinski definition) is 1. The molecule has 1 N–H and O–H groups in total. The van der Waals surface area contributed by atoms with Gasteiger partial charge in [-0.15, -0.1) is 0 Å². The summed E-state index contributed by atoms with van der Waals surface area (Å²) >= 11 is 0. The van der Waals surface area contributed by atoms with E-state index in [4.69, 9.17) is 0 Å². The van der Waals surface area contributed by atoms with Gasteiger partial charge in [0, 0.05) is 32.0 Å². The van der Waals surface area contributed by atoms with Gasteiger partial charge >= 0.3 is 0 Å². The predicted molar refractivity (Wildman–Crippen MR) is 99.5 cm³/mol. The number of aryl methyl sites for hydroxylation is 1. The zero-order chi connectivity index (χ0) is 18.7. The fourth-order valence-corrected chi connectivity index (χ4v) is 3.90. The number of likely N-dealkylation sites (tertiary alicyclic amines) is 1. The number of carbonyl (C=O) groups excluding carboxylic acids is 2. The third-order valence-electron chi connectivity index (χ3n) is 5.19. The lowest BCUT2D eigenvalue weighted by Crippen LogP contribution is -2.46. The van der Waals surface area contributed by atoms with Crippen molar-refractivity contribution < 1.29 is 9.59 Å². The molecule has 0 saturated carbocycles. The lowest BCUT2D eigenvalue weighted by molar-refractivity contribution is -0.138. The number of hydrogen-bond acceptors (Lipinski definition) is 4. The molecule has 7 nitrogen and oxygen atoms in total. The fourth-order valence-electron chi connectivity index (χ4n) is 3.90. The van der Waals surface area contributed by atoms with Crippen LogP contribution in [0.5, 0.6) is 0 Å². The molecule has 2 aliphatic rings. The minimum atomic E-state index is 0.0594. The van der Waals surface area contributed by atoms with E-state index in [1.54, 1.807) is 0 Å². The molecule has 0 bridgehead atoms. The van der Waals surface area contributed by atoms with E-state index >= 15 is 0 Å². The lowest BCUT2D eigenvalue weighted by Gasteiger charge is -2.34. The quantitative estimate of drug-likeness (QED) is 0.850. The highest BCUT2D eigenvalue weighted by molar-refractivity contribution is 5.79. The summed E-state index contributed by atoms with van der Waals surface area (Å²) < 4.78 is 1.99. The first-order valence-electron chi connectivity index (χ1n) is 9.74. The van der Waals surface area contributed by atoms with Gasteiger partial charge in [-0.05, 0) is 46.3 Å². The number of fused-ring (bicyclic) bond motifs is 1. The highest BCUT2D eigenvalue weighted by Gasteiger charge is 2.30. The fraction of sp³-hybridized carbons (Fsp3) is 0.737. The number of rotatable bonds is 5. The summed E-state index contributed by atoms with van der Waals surface area (Å²) in [5.74, 6) is 0.466. The van der Waals surface area contributed by atoms with Crippen LogP contribution in [0.2, 0.25) is 0 Å². The van der Waals surface area contributed by atoms with Gasteiger partial charge in [0.15, 0.2) is 0 Å². The van der Waals surface area contributed by atoms with Gasteiger partial charge in [-0.25, -0.2) is 0 Å². The van der Waals surface area contributed by atoms with Crippen LogP contribution in [0.4, 0.5) is 0 Å². The Morgan fingerprint density at radius 1 is 1.31 bits per heavy atom. The SMILES string of the molecule is CC(C)NC(=O)CCc1cc2n(n1)CCN(C(=O)[C@H]1CCCN(C)C1)C2. The second kappa shape index (κ2) is 8.20. The van der Waals surface area contributed by atoms with E-state index in [0.717, 1.165) is 50.4 Å². The van der Waals surface area contributed by atoms with E-state index in [1.165, 1.54) is 0 Å². The van der Waals surface area contributed by atoms with Gasteiger partial charge in [-0.1, -0.05) is 0 Å². The highest BCUT2D eigenvalue weighted by atomic mass is 16.2. The lowest BCUT2D eigenvalue weighted by atomic mass is 9.96. The van der Waals surface area contributed by atoms with E-state index in [9.17, 15) is 9.59 Å². The van der Waals surface area contributed by atoms with Crippen molar-refractivity contribution >= 4 is 11.8 Å². The molecule has 0 radical (unpaired) electrons. The number of nitrogens with one attached hydrogen (secondary N) is 1. The summed E-state index contributed by atoms with van der Waals surface area (Å²) in [7, 11) is 2.09. The van der Waals surface area contributed by atoms with Crippen LogP contribution in [-0.4, -0.2) is 64.1 Å². The summed E-state index contributed by atoms with van der Waals surface area (Å²) in [6.45, 7) is 7.97. The Kier molecular flexibility index (Phi) is 5.96. The van der Waals surface area contributed by atoms with Crippen molar-refractivity contribution in [3.63, 3.8) is 0 Å². The molecule has 1 aromatic heterocycles. The molecule has 0 aromatic carbocycles. The number of piperidine rings is 1. The maximum absolute atomic E-state index is 12.8. The van der Waals surface area contributed by atoms with Crippen LogP contribution in [0.25, 0.3) is 0 Å². The Morgan fingerprint density at radius 2 is 2.12 bits per heavy atom. The van der Waals surface area contributed by atoms with Crippen molar-refractivity contribution in [3.05, 3.63) is 17.5 Å². The Hall–Kier alpha value is -1.89. The number of carbonyl (C=O) groups is 2. The third-order valence-corrected chi connectivity index (χ3v) is 5.19. The topological polar surface area (TPSA) is 70.5 Å². The Balaban J connectivity index is 1.56. The second-order valence-electron chi connectivity index (χ2n) is 7.93. The smallest absolute Gasteiger partial charge is 0.227 e. The predicted octanol–water partition coefficient (Wildman–Crippen LogP) is 1.02. The van der Waals surface area contributed by atoms with Crippen LogP contribution in [-0.2, 0) is 29.1 Å². The standard InChI is InChI=1S/C19H31N5O2/c1-14(2)20-18(25)7-6-16-11-17-13-23(9-10-24(17)21-16)19(26)15-5-4-8-22(3)12-15/h11,14-15H,4-10,12-13H2,1-3H3,(H,20,25)/t15-/m0/s1. The molecule has 2 amide bonds. The average molecular weight is 361 g/mol. The molecule has 1 aromatic rings. The van der Waals surface area contributed by atoms with E-state index in [1.807, 2.05) is 23.4 Å². The van der Waals surface area contributed by atoms with Crippen LogP contribution in [0.15, 0.2) is 6.07 Å². The van der Waals surface area contributed by atoms with Gasteiger partial charge in [0.1, 0.15) is 0 Å². The minimum absolute atomic E-state index is 0.0594. The first-order chi connectivity index (χ1) is 12.4. The molecule has 1 fully saturated rings. The first-order valence-corrected chi connectivity index (χ1v) is 9.74.